The van der Waals surface area contributed by atoms with Crippen molar-refractivity contribution in [2.24, 2.45) is 0 Å². The molecule has 3 heteroatoms. The van der Waals surface area contributed by atoms with Crippen LogP contribution in [-0.2, 0) is 13.1 Å². The lowest BCUT2D eigenvalue weighted by Gasteiger charge is -2.26. The largest absolute Gasteiger partial charge is 0.347 e. The molecule has 3 rings (SSSR count). The molecule has 2 aromatic rings. The molecule has 2 heterocycles. The van der Waals surface area contributed by atoms with Gasteiger partial charge in [0, 0.05) is 30.2 Å². The molecule has 1 aliphatic rings. The van der Waals surface area contributed by atoms with E-state index in [2.05, 4.69) is 59.8 Å². The van der Waals surface area contributed by atoms with E-state index >= 15 is 0 Å². The zero-order valence-electron chi connectivity index (χ0n) is 15.7. The first-order valence-corrected chi connectivity index (χ1v) is 9.59. The summed E-state index contributed by atoms with van der Waals surface area (Å²) in [6, 6.07) is 6.89. The summed E-state index contributed by atoms with van der Waals surface area (Å²) in [4.78, 5) is 4.91. The SMILES string of the molecule is Cc1ccc2c(c1)c(CN(C)C)cn2CCCCN1CCCCC1. The molecule has 0 spiro atoms. The van der Waals surface area contributed by atoms with E-state index in [-0.39, 0.29) is 0 Å². The van der Waals surface area contributed by atoms with E-state index in [1.807, 2.05) is 0 Å². The highest BCUT2D eigenvalue weighted by Crippen LogP contribution is 2.24. The number of aryl methyl sites for hydroxylation is 2. The number of fused-ring (bicyclic) bond motifs is 1. The van der Waals surface area contributed by atoms with Crippen molar-refractivity contribution in [2.75, 3.05) is 33.7 Å². The molecule has 0 aliphatic carbocycles. The van der Waals surface area contributed by atoms with E-state index in [0.29, 0.717) is 0 Å². The van der Waals surface area contributed by atoms with Gasteiger partial charge in [-0.25, -0.2) is 0 Å². The summed E-state index contributed by atoms with van der Waals surface area (Å²) in [5, 5.41) is 1.43. The zero-order chi connectivity index (χ0) is 16.9. The molecule has 132 valence electrons. The van der Waals surface area contributed by atoms with Crippen LogP contribution >= 0.6 is 0 Å². The summed E-state index contributed by atoms with van der Waals surface area (Å²) in [6.45, 7) is 8.26. The standard InChI is InChI=1S/C21H33N3/c1-18-9-10-21-20(15-18)19(16-22(2)3)17-24(21)14-8-7-13-23-11-5-4-6-12-23/h9-10,15,17H,4-8,11-14,16H2,1-3H3. The third-order valence-corrected chi connectivity index (χ3v) is 5.18. The molecule has 0 amide bonds. The molecule has 1 saturated heterocycles. The van der Waals surface area contributed by atoms with Gasteiger partial charge in [-0.2, -0.15) is 0 Å². The first-order valence-electron chi connectivity index (χ1n) is 9.59. The Morgan fingerprint density at radius 2 is 1.75 bits per heavy atom. The number of benzene rings is 1. The number of likely N-dealkylation sites (tertiary alicyclic amines) is 1. The molecule has 1 aromatic heterocycles. The number of hydrogen-bond donors (Lipinski definition) is 0. The van der Waals surface area contributed by atoms with Gasteiger partial charge in [-0.15, -0.1) is 0 Å². The Kier molecular flexibility index (Phi) is 5.96. The van der Waals surface area contributed by atoms with Gasteiger partial charge in [0.25, 0.3) is 0 Å². The lowest BCUT2D eigenvalue weighted by molar-refractivity contribution is 0.223. The van der Waals surface area contributed by atoms with Crippen molar-refractivity contribution in [1.82, 2.24) is 14.4 Å². The Balaban J connectivity index is 1.63. The summed E-state index contributed by atoms with van der Waals surface area (Å²) in [5.41, 5.74) is 4.20. The van der Waals surface area contributed by atoms with Gasteiger partial charge < -0.3 is 14.4 Å². The lowest BCUT2D eigenvalue weighted by atomic mass is 10.1. The van der Waals surface area contributed by atoms with Crippen molar-refractivity contribution < 1.29 is 0 Å². The summed E-state index contributed by atoms with van der Waals surface area (Å²) in [6.07, 6.45) is 9.19. The number of nitrogens with zero attached hydrogens (tertiary/aromatic N) is 3. The molecule has 24 heavy (non-hydrogen) atoms. The highest BCUT2D eigenvalue weighted by molar-refractivity contribution is 5.84. The van der Waals surface area contributed by atoms with E-state index in [4.69, 9.17) is 0 Å². The van der Waals surface area contributed by atoms with E-state index < -0.39 is 0 Å². The molecule has 0 saturated carbocycles. The van der Waals surface area contributed by atoms with Gasteiger partial charge in [0.1, 0.15) is 0 Å². The van der Waals surface area contributed by atoms with Crippen molar-refractivity contribution in [3.05, 3.63) is 35.5 Å². The van der Waals surface area contributed by atoms with Crippen LogP contribution in [0, 0.1) is 6.92 Å². The smallest absolute Gasteiger partial charge is 0.0483 e. The van der Waals surface area contributed by atoms with Crippen molar-refractivity contribution in [3.8, 4) is 0 Å². The van der Waals surface area contributed by atoms with Crippen LogP contribution < -0.4 is 0 Å². The minimum atomic E-state index is 1.01. The van der Waals surface area contributed by atoms with Crippen molar-refractivity contribution >= 4 is 10.9 Å². The summed E-state index contributed by atoms with van der Waals surface area (Å²) >= 11 is 0. The van der Waals surface area contributed by atoms with Gasteiger partial charge >= 0.3 is 0 Å². The minimum absolute atomic E-state index is 1.01. The van der Waals surface area contributed by atoms with Crippen LogP contribution in [0.5, 0.6) is 0 Å². The van der Waals surface area contributed by atoms with E-state index in [1.165, 1.54) is 73.8 Å². The highest BCUT2D eigenvalue weighted by atomic mass is 15.1. The van der Waals surface area contributed by atoms with Gasteiger partial charge in [0.2, 0.25) is 0 Å². The van der Waals surface area contributed by atoms with Crippen molar-refractivity contribution in [1.29, 1.82) is 0 Å². The van der Waals surface area contributed by atoms with Crippen molar-refractivity contribution in [2.45, 2.75) is 52.1 Å². The molecule has 0 radical (unpaired) electrons. The molecule has 1 aliphatic heterocycles. The van der Waals surface area contributed by atoms with Gasteiger partial charge in [-0.3, -0.25) is 0 Å². The Morgan fingerprint density at radius 1 is 1.00 bits per heavy atom. The predicted octanol–water partition coefficient (Wildman–Crippen LogP) is 4.28. The first-order chi connectivity index (χ1) is 11.6. The van der Waals surface area contributed by atoms with Gasteiger partial charge in [-0.05, 0) is 84.0 Å². The van der Waals surface area contributed by atoms with Crippen LogP contribution in [0.3, 0.4) is 0 Å². The van der Waals surface area contributed by atoms with Crippen LogP contribution in [0.15, 0.2) is 24.4 Å². The van der Waals surface area contributed by atoms with Crippen LogP contribution in [0.25, 0.3) is 10.9 Å². The fraction of sp³-hybridized carbons (Fsp3) is 0.619. The van der Waals surface area contributed by atoms with Gasteiger partial charge in [0.15, 0.2) is 0 Å². The highest BCUT2D eigenvalue weighted by Gasteiger charge is 2.11. The second-order valence-corrected chi connectivity index (χ2v) is 7.72. The molecule has 0 bridgehead atoms. The van der Waals surface area contributed by atoms with Crippen LogP contribution in [-0.4, -0.2) is 48.1 Å². The number of aromatic nitrogens is 1. The Bertz CT molecular complexity index is 650. The first kappa shape index (κ1) is 17.5. The van der Waals surface area contributed by atoms with Crippen LogP contribution in [0.1, 0.15) is 43.2 Å². The van der Waals surface area contributed by atoms with Crippen LogP contribution in [0.4, 0.5) is 0 Å². The Labute approximate surface area is 147 Å². The second kappa shape index (κ2) is 8.17. The Morgan fingerprint density at radius 3 is 2.50 bits per heavy atom. The third kappa shape index (κ3) is 4.40. The van der Waals surface area contributed by atoms with Crippen molar-refractivity contribution in [3.63, 3.8) is 0 Å². The van der Waals surface area contributed by atoms with Gasteiger partial charge in [-0.1, -0.05) is 18.1 Å². The molecule has 1 fully saturated rings. The maximum absolute atomic E-state index is 2.65. The molecule has 0 N–H and O–H groups in total. The van der Waals surface area contributed by atoms with Crippen LogP contribution in [0.2, 0.25) is 0 Å². The molecule has 0 unspecified atom stereocenters. The third-order valence-electron chi connectivity index (χ3n) is 5.18. The van der Waals surface area contributed by atoms with Gasteiger partial charge in [0.05, 0.1) is 0 Å². The summed E-state index contributed by atoms with van der Waals surface area (Å²) in [5.74, 6) is 0. The molecular formula is C21H33N3. The number of unbranched alkanes of at least 4 members (excludes halogenated alkanes) is 1. The maximum atomic E-state index is 2.65. The zero-order valence-corrected chi connectivity index (χ0v) is 15.7. The molecular weight excluding hydrogens is 294 g/mol. The fourth-order valence-corrected chi connectivity index (χ4v) is 3.94. The predicted molar refractivity (Wildman–Crippen MR) is 104 cm³/mol. The second-order valence-electron chi connectivity index (χ2n) is 7.72. The minimum Gasteiger partial charge on any atom is -0.347 e. The molecule has 1 aromatic carbocycles. The fourth-order valence-electron chi connectivity index (χ4n) is 3.94. The summed E-state index contributed by atoms with van der Waals surface area (Å²) in [7, 11) is 4.30. The molecule has 0 atom stereocenters. The maximum Gasteiger partial charge on any atom is 0.0483 e. The lowest BCUT2D eigenvalue weighted by Crippen LogP contribution is -2.30. The molecule has 3 nitrogen and oxygen atoms in total. The average molecular weight is 328 g/mol. The van der Waals surface area contributed by atoms with E-state index in [1.54, 1.807) is 0 Å². The monoisotopic (exact) mass is 327 g/mol. The average Bonchev–Trinajstić information content (AvgIpc) is 2.89. The number of rotatable bonds is 7. The summed E-state index contributed by atoms with van der Waals surface area (Å²) < 4.78 is 2.48. The van der Waals surface area contributed by atoms with E-state index in [9.17, 15) is 0 Å². The quantitative estimate of drug-likeness (QED) is 0.703. The Hall–Kier alpha value is -1.32. The number of piperidine rings is 1. The van der Waals surface area contributed by atoms with E-state index in [0.717, 1.165) is 13.1 Å². The number of hydrogen-bond acceptors (Lipinski definition) is 2. The normalized spacial score (nSPS) is 16.3. The topological polar surface area (TPSA) is 11.4 Å².